The molecule has 0 atom stereocenters. The zero-order chi connectivity index (χ0) is 26.1. The molecular weight excluding hydrogens is 522 g/mol. The molecule has 0 aliphatic carbocycles. The topological polar surface area (TPSA) is 117 Å². The van der Waals surface area contributed by atoms with E-state index in [1.54, 1.807) is 17.0 Å². The Morgan fingerprint density at radius 1 is 1.08 bits per heavy atom. The standard InChI is InChI=1S/C28H37N3O4.BrH/c1-27(2,3)19-10-9-17-15-31(26(30)20(17)14-19)16-22(32)18-12-21(28(4,5)6)25(34)23(13-18)35-11-7-8-24(29)33;/h9-10,12-14,30,34H,7-8,11,15-16H2,1-6H3,(H2,29,33);1H. The van der Waals surface area contributed by atoms with E-state index in [2.05, 4.69) is 32.9 Å². The number of rotatable bonds is 8. The molecule has 196 valence electrons. The first-order chi connectivity index (χ1) is 16.2. The smallest absolute Gasteiger partial charge is 0.217 e. The molecule has 0 bridgehead atoms. The lowest BCUT2D eigenvalue weighted by atomic mass is 9.84. The zero-order valence-corrected chi connectivity index (χ0v) is 23.7. The molecule has 4 N–H and O–H groups in total. The fourth-order valence-electron chi connectivity index (χ4n) is 4.14. The third-order valence-corrected chi connectivity index (χ3v) is 6.27. The molecule has 8 heteroatoms. The van der Waals surface area contributed by atoms with Gasteiger partial charge in [-0.3, -0.25) is 15.0 Å². The van der Waals surface area contributed by atoms with Gasteiger partial charge in [-0.15, -0.1) is 17.0 Å². The van der Waals surface area contributed by atoms with E-state index in [0.29, 0.717) is 29.9 Å². The van der Waals surface area contributed by atoms with Gasteiger partial charge in [0.15, 0.2) is 17.3 Å². The maximum Gasteiger partial charge on any atom is 0.217 e. The van der Waals surface area contributed by atoms with E-state index in [-0.39, 0.29) is 59.3 Å². The van der Waals surface area contributed by atoms with Crippen molar-refractivity contribution in [2.75, 3.05) is 13.2 Å². The minimum atomic E-state index is -0.425. The Morgan fingerprint density at radius 2 is 1.75 bits per heavy atom. The van der Waals surface area contributed by atoms with Crippen molar-refractivity contribution in [3.8, 4) is 11.5 Å². The molecule has 1 aliphatic rings. The monoisotopic (exact) mass is 559 g/mol. The highest BCUT2D eigenvalue weighted by Crippen LogP contribution is 2.39. The van der Waals surface area contributed by atoms with Crippen LogP contribution in [0.2, 0.25) is 0 Å². The molecule has 1 amide bonds. The predicted molar refractivity (Wildman–Crippen MR) is 148 cm³/mol. The summed E-state index contributed by atoms with van der Waals surface area (Å²) in [6, 6.07) is 9.44. The van der Waals surface area contributed by atoms with Crippen molar-refractivity contribution in [3.63, 3.8) is 0 Å². The summed E-state index contributed by atoms with van der Waals surface area (Å²) in [4.78, 5) is 26.1. The highest BCUT2D eigenvalue weighted by atomic mass is 79.9. The number of halogens is 1. The van der Waals surface area contributed by atoms with Gasteiger partial charge < -0.3 is 20.5 Å². The Labute approximate surface area is 224 Å². The van der Waals surface area contributed by atoms with Crippen LogP contribution in [0.5, 0.6) is 11.5 Å². The first-order valence-electron chi connectivity index (χ1n) is 12.0. The molecule has 2 aromatic rings. The van der Waals surface area contributed by atoms with Gasteiger partial charge in [-0.2, -0.15) is 0 Å². The van der Waals surface area contributed by atoms with E-state index in [1.807, 2.05) is 26.8 Å². The minimum absolute atomic E-state index is 0. The highest BCUT2D eigenvalue weighted by molar-refractivity contribution is 8.93. The van der Waals surface area contributed by atoms with Crippen LogP contribution in [0.25, 0.3) is 0 Å². The van der Waals surface area contributed by atoms with Crippen LogP contribution in [0.15, 0.2) is 30.3 Å². The Morgan fingerprint density at radius 3 is 2.33 bits per heavy atom. The van der Waals surface area contributed by atoms with Crippen LogP contribution in [0, 0.1) is 5.41 Å². The number of carbonyl (C=O) groups is 2. The van der Waals surface area contributed by atoms with Crippen LogP contribution in [-0.2, 0) is 22.2 Å². The van der Waals surface area contributed by atoms with Gasteiger partial charge in [0.05, 0.1) is 13.2 Å². The lowest BCUT2D eigenvalue weighted by Crippen LogP contribution is -2.30. The summed E-state index contributed by atoms with van der Waals surface area (Å²) in [5.41, 5.74) is 8.81. The van der Waals surface area contributed by atoms with Gasteiger partial charge >= 0.3 is 0 Å². The highest BCUT2D eigenvalue weighted by Gasteiger charge is 2.29. The van der Waals surface area contributed by atoms with Crippen molar-refractivity contribution >= 4 is 34.5 Å². The molecule has 1 heterocycles. The van der Waals surface area contributed by atoms with Crippen molar-refractivity contribution in [1.82, 2.24) is 4.90 Å². The van der Waals surface area contributed by atoms with Crippen LogP contribution < -0.4 is 10.5 Å². The van der Waals surface area contributed by atoms with Crippen LogP contribution in [0.4, 0.5) is 0 Å². The maximum absolute atomic E-state index is 13.3. The largest absolute Gasteiger partial charge is 0.504 e. The number of nitrogens with one attached hydrogen (secondary N) is 1. The predicted octanol–water partition coefficient (Wildman–Crippen LogP) is 5.23. The normalized spacial score (nSPS) is 13.3. The summed E-state index contributed by atoms with van der Waals surface area (Å²) in [6.07, 6.45) is 0.595. The second-order valence-electron chi connectivity index (χ2n) is 11.3. The summed E-state index contributed by atoms with van der Waals surface area (Å²) in [5.74, 6) is -0.0342. The number of aromatic hydroxyl groups is 1. The fraction of sp³-hybridized carbons (Fsp3) is 0.464. The van der Waals surface area contributed by atoms with Crippen molar-refractivity contribution in [2.45, 2.75) is 71.8 Å². The van der Waals surface area contributed by atoms with Crippen molar-refractivity contribution in [1.29, 1.82) is 5.41 Å². The van der Waals surface area contributed by atoms with Crippen molar-refractivity contribution < 1.29 is 19.4 Å². The Kier molecular flexibility index (Phi) is 9.00. The average Bonchev–Trinajstić information content (AvgIpc) is 3.05. The van der Waals surface area contributed by atoms with E-state index in [4.69, 9.17) is 15.9 Å². The summed E-state index contributed by atoms with van der Waals surface area (Å²) in [7, 11) is 0. The number of fused-ring (bicyclic) bond motifs is 1. The number of benzene rings is 2. The molecule has 0 unspecified atom stereocenters. The van der Waals surface area contributed by atoms with Gasteiger partial charge in [-0.1, -0.05) is 53.7 Å². The Hall–Kier alpha value is -2.87. The molecule has 1 aliphatic heterocycles. The number of phenols is 1. The van der Waals surface area contributed by atoms with Crippen LogP contribution >= 0.6 is 17.0 Å². The van der Waals surface area contributed by atoms with E-state index < -0.39 is 11.3 Å². The molecule has 0 radical (unpaired) electrons. The lowest BCUT2D eigenvalue weighted by molar-refractivity contribution is -0.118. The number of nitrogens with zero attached hydrogens (tertiary/aromatic N) is 1. The fourth-order valence-corrected chi connectivity index (χ4v) is 4.14. The Balaban J connectivity index is 0.00000456. The molecule has 3 rings (SSSR count). The van der Waals surface area contributed by atoms with E-state index >= 15 is 0 Å². The number of Topliss-reactive ketones (excluding diaryl/α,β-unsaturated/α-hetero) is 1. The quantitative estimate of drug-likeness (QED) is 0.302. The Bertz CT molecular complexity index is 1160. The molecule has 7 nitrogen and oxygen atoms in total. The van der Waals surface area contributed by atoms with Gasteiger partial charge in [0.2, 0.25) is 5.91 Å². The number of nitrogens with two attached hydrogens (primary N) is 1. The maximum atomic E-state index is 13.3. The van der Waals surface area contributed by atoms with Gasteiger partial charge in [0.1, 0.15) is 5.84 Å². The second kappa shape index (κ2) is 11.0. The number of phenolic OH excluding ortho intramolecular Hbond substituents is 1. The van der Waals surface area contributed by atoms with Crippen molar-refractivity contribution in [3.05, 3.63) is 58.1 Å². The van der Waals surface area contributed by atoms with Crippen LogP contribution in [0.3, 0.4) is 0 Å². The number of hydrogen-bond donors (Lipinski definition) is 3. The van der Waals surface area contributed by atoms with Crippen LogP contribution in [0.1, 0.15) is 87.0 Å². The van der Waals surface area contributed by atoms with E-state index in [0.717, 1.165) is 16.7 Å². The molecule has 0 saturated carbocycles. The molecule has 2 aromatic carbocycles. The number of amidine groups is 1. The van der Waals surface area contributed by atoms with Gasteiger partial charge in [0, 0.05) is 29.7 Å². The van der Waals surface area contributed by atoms with Gasteiger partial charge in [0.25, 0.3) is 0 Å². The summed E-state index contributed by atoms with van der Waals surface area (Å²) < 4.78 is 5.73. The third kappa shape index (κ3) is 6.66. The average molecular weight is 561 g/mol. The zero-order valence-electron chi connectivity index (χ0n) is 22.0. The number of primary amides is 1. The molecule has 0 aromatic heterocycles. The van der Waals surface area contributed by atoms with Gasteiger partial charge in [-0.05, 0) is 46.6 Å². The first-order valence-corrected chi connectivity index (χ1v) is 12.0. The minimum Gasteiger partial charge on any atom is -0.504 e. The third-order valence-electron chi connectivity index (χ3n) is 6.27. The molecular formula is C28H38BrN3O4. The molecule has 0 saturated heterocycles. The number of ether oxygens (including phenoxy) is 1. The second-order valence-corrected chi connectivity index (χ2v) is 11.3. The summed E-state index contributed by atoms with van der Waals surface area (Å²) >= 11 is 0. The van der Waals surface area contributed by atoms with Crippen LogP contribution in [-0.4, -0.2) is 40.7 Å². The number of ketones is 1. The van der Waals surface area contributed by atoms with E-state index in [1.165, 1.54) is 0 Å². The van der Waals surface area contributed by atoms with Gasteiger partial charge in [-0.25, -0.2) is 0 Å². The molecule has 0 fully saturated rings. The number of amides is 1. The molecule has 0 spiro atoms. The first kappa shape index (κ1) is 29.4. The summed E-state index contributed by atoms with van der Waals surface area (Å²) in [5, 5.41) is 19.5. The van der Waals surface area contributed by atoms with E-state index in [9.17, 15) is 14.7 Å². The molecule has 36 heavy (non-hydrogen) atoms. The number of carbonyl (C=O) groups excluding carboxylic acids is 2. The lowest BCUT2D eigenvalue weighted by Gasteiger charge is -2.24. The SMILES string of the molecule is Br.CC(C)(C)c1ccc2c(c1)C(=N)N(CC(=O)c1cc(OCCCC(N)=O)c(O)c(C(C)(C)C)c1)C2. The number of hydrogen-bond acceptors (Lipinski definition) is 5. The summed E-state index contributed by atoms with van der Waals surface area (Å²) in [6.45, 7) is 13.0. The van der Waals surface area contributed by atoms with Crippen molar-refractivity contribution in [2.24, 2.45) is 5.73 Å².